The van der Waals surface area contributed by atoms with Crippen LogP contribution < -0.4 is 26.6 Å². The van der Waals surface area contributed by atoms with Gasteiger partial charge in [0.15, 0.2) is 6.61 Å². The number of carbonyl (C=O) groups is 6. The molecule has 2 unspecified atom stereocenters. The first-order chi connectivity index (χ1) is 29.6. The van der Waals surface area contributed by atoms with Gasteiger partial charge in [0.2, 0.25) is 23.6 Å². The van der Waals surface area contributed by atoms with E-state index in [1.165, 1.54) is 0 Å². The smallest absolute Gasteiger partial charge is 0.303 e. The molecule has 13 nitrogen and oxygen atoms in total. The zero-order valence-electron chi connectivity index (χ0n) is 33.9. The summed E-state index contributed by atoms with van der Waals surface area (Å²) in [5, 5.41) is 25.5. The van der Waals surface area contributed by atoms with Crippen LogP contribution in [0.2, 0.25) is 0 Å². The van der Waals surface area contributed by atoms with Crippen LogP contribution in [-0.4, -0.2) is 83.2 Å². The number of carbonyl (C=O) groups excluding carboxylic acids is 5. The predicted octanol–water partition coefficient (Wildman–Crippen LogP) is 4.74. The molecule has 0 saturated carbocycles. The van der Waals surface area contributed by atoms with Crippen LogP contribution in [0.25, 0.3) is 11.1 Å². The molecule has 2 bridgehead atoms. The Kier molecular flexibility index (Phi) is 16.3. The van der Waals surface area contributed by atoms with Crippen LogP contribution in [-0.2, 0) is 46.3 Å². The molecule has 3 heterocycles. The van der Waals surface area contributed by atoms with Crippen molar-refractivity contribution >= 4 is 47.3 Å². The van der Waals surface area contributed by atoms with E-state index in [0.717, 1.165) is 28.7 Å². The summed E-state index contributed by atoms with van der Waals surface area (Å²) >= 11 is 1.57. The SMILES string of the molecule is O=C(O)CCCNC(=O)[C@@H]1CC2C=CC(=CC2)OCC(=O)N[C@H](CC2CC=CS2)C(=O)N[C@@H](Cc2ccc(-c3ccccc3)cc2)C(=O)N[C@H](CCc2ccccc2)C(=O)N1. The van der Waals surface area contributed by atoms with Crippen molar-refractivity contribution in [2.45, 2.75) is 87.2 Å². The van der Waals surface area contributed by atoms with Crippen molar-refractivity contribution < 1.29 is 38.6 Å². The summed E-state index contributed by atoms with van der Waals surface area (Å²) in [5.41, 5.74) is 3.69. The highest BCUT2D eigenvalue weighted by Crippen LogP contribution is 2.28. The van der Waals surface area contributed by atoms with E-state index in [0.29, 0.717) is 25.0 Å². The van der Waals surface area contributed by atoms with Gasteiger partial charge < -0.3 is 36.4 Å². The third-order valence-corrected chi connectivity index (χ3v) is 11.9. The summed E-state index contributed by atoms with van der Waals surface area (Å²) in [4.78, 5) is 81.3. The Bertz CT molecular complexity index is 2080. The quantitative estimate of drug-likeness (QED) is 0.104. The van der Waals surface area contributed by atoms with Gasteiger partial charge in [-0.05, 0) is 90.7 Å². The van der Waals surface area contributed by atoms with Gasteiger partial charge in [0.05, 0.1) is 0 Å². The second kappa shape index (κ2) is 22.5. The number of benzene rings is 3. The van der Waals surface area contributed by atoms with Gasteiger partial charge in [-0.3, -0.25) is 28.8 Å². The standard InChI is InChI=1S/C47H53N5O8S/c53-42-30-60-36-22-17-33(18-23-36)27-39(44(56)48-25-7-14-43(54)55)51-45(57)38(24-19-31-9-3-1-4-10-31)50-46(58)40(52-47(59)41(49-42)29-37-13-8-26-61-37)28-32-15-20-35(21-16-32)34-11-5-2-6-12-34/h1-6,8-12,15-17,20-23,26,33,37-41H,7,13-14,18-19,24-25,27-30H2,(H,48,56)(H,49,53)(H,50,58)(H,51,57)(H,52,59)(H,54,55)/t33?,37?,38-,39+,40+,41-/m1/s1. The number of hydrogen-bond acceptors (Lipinski definition) is 8. The van der Waals surface area contributed by atoms with Crippen molar-refractivity contribution in [1.82, 2.24) is 26.6 Å². The molecule has 3 aliphatic heterocycles. The number of ether oxygens (including phenoxy) is 1. The number of allylic oxidation sites excluding steroid dienone is 4. The highest BCUT2D eigenvalue weighted by molar-refractivity contribution is 8.03. The molecule has 0 fully saturated rings. The molecule has 1 aliphatic carbocycles. The van der Waals surface area contributed by atoms with Crippen LogP contribution in [0.1, 0.15) is 56.1 Å². The topological polar surface area (TPSA) is 192 Å². The van der Waals surface area contributed by atoms with E-state index in [4.69, 9.17) is 9.84 Å². The minimum atomic E-state index is -1.16. The molecule has 61 heavy (non-hydrogen) atoms. The third-order valence-electron chi connectivity index (χ3n) is 10.8. The summed E-state index contributed by atoms with van der Waals surface area (Å²) in [5.74, 6) is -3.46. The van der Waals surface area contributed by atoms with Crippen LogP contribution in [0.5, 0.6) is 0 Å². The molecule has 6 atom stereocenters. The summed E-state index contributed by atoms with van der Waals surface area (Å²) < 4.78 is 5.82. The van der Waals surface area contributed by atoms with E-state index in [9.17, 15) is 28.8 Å². The van der Waals surface area contributed by atoms with E-state index in [1.54, 1.807) is 23.9 Å². The van der Waals surface area contributed by atoms with E-state index in [2.05, 4.69) is 26.6 Å². The lowest BCUT2D eigenvalue weighted by molar-refractivity contribution is -0.137. The van der Waals surface area contributed by atoms with E-state index in [-0.39, 0.29) is 56.4 Å². The van der Waals surface area contributed by atoms with Gasteiger partial charge >= 0.3 is 5.97 Å². The van der Waals surface area contributed by atoms with E-state index in [1.807, 2.05) is 102 Å². The number of nitrogens with one attached hydrogen (secondary N) is 5. The Balaban J connectivity index is 1.31. The summed E-state index contributed by atoms with van der Waals surface area (Å²) in [6.07, 6.45) is 9.81. The van der Waals surface area contributed by atoms with Gasteiger partial charge in [0.25, 0.3) is 5.91 Å². The minimum Gasteiger partial charge on any atom is -0.484 e. The molecule has 14 heteroatoms. The summed E-state index contributed by atoms with van der Waals surface area (Å²) in [7, 11) is 0. The fraction of sp³-hybridized carbons (Fsp3) is 0.362. The van der Waals surface area contributed by atoms with Crippen molar-refractivity contribution in [2.24, 2.45) is 5.92 Å². The molecule has 0 radical (unpaired) electrons. The third kappa shape index (κ3) is 14.0. The molecule has 0 saturated heterocycles. The Morgan fingerprint density at radius 3 is 2.15 bits per heavy atom. The highest BCUT2D eigenvalue weighted by Gasteiger charge is 2.34. The van der Waals surface area contributed by atoms with Gasteiger partial charge in [-0.2, -0.15) is 0 Å². The van der Waals surface area contributed by atoms with Gasteiger partial charge in [-0.15, -0.1) is 11.8 Å². The monoisotopic (exact) mass is 847 g/mol. The lowest BCUT2D eigenvalue weighted by Crippen LogP contribution is -2.59. The molecule has 6 N–H and O–H groups in total. The molecule has 4 aliphatic rings. The molecular weight excluding hydrogens is 795 g/mol. The van der Waals surface area contributed by atoms with Crippen LogP contribution in [0.15, 0.2) is 120 Å². The van der Waals surface area contributed by atoms with Crippen LogP contribution in [0.3, 0.4) is 0 Å². The summed E-state index contributed by atoms with van der Waals surface area (Å²) in [6, 6.07) is 22.7. The molecule has 0 aromatic heterocycles. The largest absolute Gasteiger partial charge is 0.484 e. The number of carboxylic acids is 1. The number of thioether (sulfide) groups is 1. The first-order valence-electron chi connectivity index (χ1n) is 20.8. The summed E-state index contributed by atoms with van der Waals surface area (Å²) in [6.45, 7) is -0.254. The zero-order valence-corrected chi connectivity index (χ0v) is 34.7. The second-order valence-electron chi connectivity index (χ2n) is 15.5. The number of fused-ring (bicyclic) bond motifs is 15. The number of rotatable bonds is 13. The number of aryl methyl sites for hydroxylation is 1. The van der Waals surface area contributed by atoms with Crippen molar-refractivity contribution in [3.8, 4) is 11.1 Å². The van der Waals surface area contributed by atoms with Crippen LogP contribution in [0.4, 0.5) is 0 Å². The van der Waals surface area contributed by atoms with Crippen molar-refractivity contribution in [3.63, 3.8) is 0 Å². The number of amides is 5. The minimum absolute atomic E-state index is 0.0330. The lowest BCUT2D eigenvalue weighted by Gasteiger charge is -2.28. The van der Waals surface area contributed by atoms with Crippen molar-refractivity contribution in [1.29, 1.82) is 0 Å². The van der Waals surface area contributed by atoms with Gasteiger partial charge in [0, 0.05) is 24.6 Å². The lowest BCUT2D eigenvalue weighted by atomic mass is 9.92. The normalized spacial score (nSPS) is 23.5. The number of aliphatic carboxylic acids is 1. The predicted molar refractivity (Wildman–Crippen MR) is 234 cm³/mol. The van der Waals surface area contributed by atoms with Crippen LogP contribution in [0, 0.1) is 5.92 Å². The zero-order chi connectivity index (χ0) is 43.0. The first-order valence-corrected chi connectivity index (χ1v) is 21.7. The average molecular weight is 848 g/mol. The molecule has 5 amide bonds. The van der Waals surface area contributed by atoms with Crippen molar-refractivity contribution in [2.75, 3.05) is 13.2 Å². The van der Waals surface area contributed by atoms with E-state index >= 15 is 0 Å². The molecule has 7 rings (SSSR count). The molecule has 3 aromatic rings. The number of carboxylic acid groups (broad SMARTS) is 1. The Morgan fingerprint density at radius 1 is 0.770 bits per heavy atom. The maximum absolute atomic E-state index is 14.6. The Labute approximate surface area is 360 Å². The Hall–Kier alpha value is -6.15. The fourth-order valence-corrected chi connectivity index (χ4v) is 8.42. The first kappa shape index (κ1) is 44.4. The van der Waals surface area contributed by atoms with Gasteiger partial charge in [-0.25, -0.2) is 0 Å². The maximum atomic E-state index is 14.6. The molecule has 0 spiro atoms. The van der Waals surface area contributed by atoms with Gasteiger partial charge in [0.1, 0.15) is 29.9 Å². The number of hydrogen-bond donors (Lipinski definition) is 6. The van der Waals surface area contributed by atoms with E-state index < -0.39 is 59.7 Å². The highest BCUT2D eigenvalue weighted by atomic mass is 32.2. The maximum Gasteiger partial charge on any atom is 0.303 e. The molecular formula is C47H53N5O8S. The van der Waals surface area contributed by atoms with Gasteiger partial charge in [-0.1, -0.05) is 97.1 Å². The fourth-order valence-electron chi connectivity index (χ4n) is 7.45. The molecule has 3 aromatic carbocycles. The Morgan fingerprint density at radius 2 is 1.46 bits per heavy atom. The second-order valence-corrected chi connectivity index (χ2v) is 16.7. The van der Waals surface area contributed by atoms with Crippen LogP contribution >= 0.6 is 11.8 Å². The average Bonchev–Trinajstić information content (AvgIpc) is 3.79. The molecule has 320 valence electrons. The van der Waals surface area contributed by atoms with Crippen molar-refractivity contribution in [3.05, 3.63) is 132 Å².